The van der Waals surface area contributed by atoms with Crippen molar-refractivity contribution < 1.29 is 29.6 Å². The molecule has 2 aromatic carbocycles. The second kappa shape index (κ2) is 7.92. The van der Waals surface area contributed by atoms with Gasteiger partial charge in [-0.15, -0.1) is 0 Å². The van der Waals surface area contributed by atoms with Crippen molar-refractivity contribution in [2.75, 3.05) is 14.2 Å². The van der Waals surface area contributed by atoms with E-state index in [0.717, 1.165) is 6.08 Å². The Morgan fingerprint density at radius 2 is 1.72 bits per heavy atom. The summed E-state index contributed by atoms with van der Waals surface area (Å²) in [6.07, 6.45) is 5.55. The van der Waals surface area contributed by atoms with Crippen LogP contribution in [0.4, 0.5) is 0 Å². The van der Waals surface area contributed by atoms with E-state index in [1.54, 1.807) is 30.4 Å². The molecule has 0 bridgehead atoms. The number of aliphatic carboxylic acids is 1. The first kappa shape index (κ1) is 17.9. The molecule has 0 heterocycles. The summed E-state index contributed by atoms with van der Waals surface area (Å²) in [5, 5.41) is 29.0. The molecule has 0 aromatic heterocycles. The van der Waals surface area contributed by atoms with Gasteiger partial charge in [0, 0.05) is 11.6 Å². The van der Waals surface area contributed by atoms with Gasteiger partial charge in [-0.3, -0.25) is 0 Å². The molecule has 0 aliphatic heterocycles. The SMILES string of the molecule is COc1cc(/C=C/C(=O)O)cc(/C=C/c2c(O)cccc2OC)c1O. The number of phenolic OH excluding ortho intramolecular Hbond substituents is 2. The van der Waals surface area contributed by atoms with E-state index < -0.39 is 5.97 Å². The summed E-state index contributed by atoms with van der Waals surface area (Å²) < 4.78 is 10.3. The van der Waals surface area contributed by atoms with Gasteiger partial charge in [-0.2, -0.15) is 0 Å². The highest BCUT2D eigenvalue weighted by atomic mass is 16.5. The van der Waals surface area contributed by atoms with Gasteiger partial charge in [-0.25, -0.2) is 4.79 Å². The molecule has 0 fully saturated rings. The molecule has 2 rings (SSSR count). The summed E-state index contributed by atoms with van der Waals surface area (Å²) in [7, 11) is 2.89. The Morgan fingerprint density at radius 1 is 1.00 bits per heavy atom. The fourth-order valence-electron chi connectivity index (χ4n) is 2.25. The molecule has 6 nitrogen and oxygen atoms in total. The van der Waals surface area contributed by atoms with E-state index in [0.29, 0.717) is 22.4 Å². The van der Waals surface area contributed by atoms with E-state index in [1.807, 2.05) is 0 Å². The van der Waals surface area contributed by atoms with Gasteiger partial charge >= 0.3 is 5.97 Å². The number of hydrogen-bond acceptors (Lipinski definition) is 5. The zero-order valence-corrected chi connectivity index (χ0v) is 13.8. The van der Waals surface area contributed by atoms with Gasteiger partial charge in [0.2, 0.25) is 0 Å². The number of aromatic hydroxyl groups is 2. The van der Waals surface area contributed by atoms with Crippen LogP contribution in [0, 0.1) is 0 Å². The normalized spacial score (nSPS) is 11.1. The van der Waals surface area contributed by atoms with Crippen LogP contribution in [-0.2, 0) is 4.79 Å². The van der Waals surface area contributed by atoms with Crippen molar-refractivity contribution in [3.63, 3.8) is 0 Å². The summed E-state index contributed by atoms with van der Waals surface area (Å²) in [6.45, 7) is 0. The van der Waals surface area contributed by atoms with E-state index >= 15 is 0 Å². The zero-order chi connectivity index (χ0) is 18.4. The molecule has 2 aromatic rings. The fraction of sp³-hybridized carbons (Fsp3) is 0.105. The molecule has 0 radical (unpaired) electrons. The summed E-state index contributed by atoms with van der Waals surface area (Å²) in [5.41, 5.74) is 1.39. The third-order valence-corrected chi connectivity index (χ3v) is 3.46. The third-order valence-electron chi connectivity index (χ3n) is 3.46. The van der Waals surface area contributed by atoms with Gasteiger partial charge in [0.15, 0.2) is 11.5 Å². The minimum Gasteiger partial charge on any atom is -0.507 e. The average molecular weight is 342 g/mol. The maximum Gasteiger partial charge on any atom is 0.328 e. The van der Waals surface area contributed by atoms with Gasteiger partial charge < -0.3 is 24.8 Å². The number of rotatable bonds is 6. The van der Waals surface area contributed by atoms with Crippen LogP contribution in [0.1, 0.15) is 16.7 Å². The minimum absolute atomic E-state index is 0.0315. The standard InChI is InChI=1S/C19H18O6/c1-24-16-5-3-4-15(20)14(16)8-7-13-10-12(6-9-18(21)22)11-17(25-2)19(13)23/h3-11,20,23H,1-2H3,(H,21,22)/b8-7+,9-6+. The van der Waals surface area contributed by atoms with Crippen LogP contribution in [0.25, 0.3) is 18.2 Å². The third kappa shape index (κ3) is 4.32. The molecular weight excluding hydrogens is 324 g/mol. The molecule has 25 heavy (non-hydrogen) atoms. The highest BCUT2D eigenvalue weighted by molar-refractivity contribution is 5.86. The van der Waals surface area contributed by atoms with Crippen molar-refractivity contribution in [1.82, 2.24) is 0 Å². The Bertz CT molecular complexity index is 836. The molecule has 0 aliphatic carbocycles. The number of carboxylic acids is 1. The quantitative estimate of drug-likeness (QED) is 0.550. The Hall–Kier alpha value is -3.41. The second-order valence-corrected chi connectivity index (χ2v) is 5.06. The molecule has 0 saturated carbocycles. The fourth-order valence-corrected chi connectivity index (χ4v) is 2.25. The molecule has 0 amide bonds. The van der Waals surface area contributed by atoms with Gasteiger partial charge in [-0.05, 0) is 42.0 Å². The minimum atomic E-state index is -1.08. The molecular formula is C19H18O6. The lowest BCUT2D eigenvalue weighted by Gasteiger charge is -2.09. The maximum absolute atomic E-state index is 10.7. The number of benzene rings is 2. The number of methoxy groups -OCH3 is 2. The van der Waals surface area contributed by atoms with Crippen molar-refractivity contribution in [3.8, 4) is 23.0 Å². The average Bonchev–Trinajstić information content (AvgIpc) is 2.60. The molecule has 0 saturated heterocycles. The van der Waals surface area contributed by atoms with Crippen LogP contribution in [0.5, 0.6) is 23.0 Å². The first-order valence-corrected chi connectivity index (χ1v) is 7.32. The summed E-state index contributed by atoms with van der Waals surface area (Å²) >= 11 is 0. The smallest absolute Gasteiger partial charge is 0.328 e. The molecule has 3 N–H and O–H groups in total. The molecule has 0 atom stereocenters. The van der Waals surface area contributed by atoms with E-state index in [4.69, 9.17) is 14.6 Å². The largest absolute Gasteiger partial charge is 0.507 e. The molecule has 0 aliphatic rings. The summed E-state index contributed by atoms with van der Waals surface area (Å²) in [5.74, 6) is -0.464. The van der Waals surface area contributed by atoms with E-state index in [1.165, 1.54) is 32.4 Å². The van der Waals surface area contributed by atoms with E-state index in [9.17, 15) is 15.0 Å². The zero-order valence-electron chi connectivity index (χ0n) is 13.8. The van der Waals surface area contributed by atoms with Crippen molar-refractivity contribution in [3.05, 3.63) is 53.1 Å². The van der Waals surface area contributed by atoms with E-state index in [-0.39, 0.29) is 17.2 Å². The lowest BCUT2D eigenvalue weighted by Crippen LogP contribution is -1.90. The van der Waals surface area contributed by atoms with Crippen molar-refractivity contribution in [1.29, 1.82) is 0 Å². The summed E-state index contributed by atoms with van der Waals surface area (Å²) in [4.78, 5) is 10.7. The first-order chi connectivity index (χ1) is 12.0. The second-order valence-electron chi connectivity index (χ2n) is 5.06. The van der Waals surface area contributed by atoms with Gasteiger partial charge in [0.1, 0.15) is 11.5 Å². The van der Waals surface area contributed by atoms with Crippen molar-refractivity contribution >= 4 is 24.2 Å². The van der Waals surface area contributed by atoms with Crippen molar-refractivity contribution in [2.45, 2.75) is 0 Å². The predicted octanol–water partition coefficient (Wildman–Crippen LogP) is 3.38. The van der Waals surface area contributed by atoms with E-state index in [2.05, 4.69) is 0 Å². The van der Waals surface area contributed by atoms with Crippen LogP contribution in [0.2, 0.25) is 0 Å². The monoisotopic (exact) mass is 342 g/mol. The van der Waals surface area contributed by atoms with Crippen LogP contribution in [0.15, 0.2) is 36.4 Å². The molecule has 6 heteroatoms. The number of carboxylic acid groups (broad SMARTS) is 1. The summed E-state index contributed by atoms with van der Waals surface area (Å²) in [6, 6.07) is 8.00. The van der Waals surface area contributed by atoms with Crippen LogP contribution >= 0.6 is 0 Å². The number of phenols is 2. The van der Waals surface area contributed by atoms with Crippen LogP contribution in [0.3, 0.4) is 0 Å². The lowest BCUT2D eigenvalue weighted by molar-refractivity contribution is -0.131. The highest BCUT2D eigenvalue weighted by Crippen LogP contribution is 2.35. The Balaban J connectivity index is 2.48. The van der Waals surface area contributed by atoms with Gasteiger partial charge in [-0.1, -0.05) is 12.1 Å². The molecule has 0 unspecified atom stereocenters. The first-order valence-electron chi connectivity index (χ1n) is 7.32. The Kier molecular flexibility index (Phi) is 5.68. The maximum atomic E-state index is 10.7. The van der Waals surface area contributed by atoms with Crippen LogP contribution < -0.4 is 9.47 Å². The number of hydrogen-bond donors (Lipinski definition) is 3. The Labute approximate surface area is 144 Å². The Morgan fingerprint density at radius 3 is 2.36 bits per heavy atom. The topological polar surface area (TPSA) is 96.2 Å². The van der Waals surface area contributed by atoms with Gasteiger partial charge in [0.25, 0.3) is 0 Å². The van der Waals surface area contributed by atoms with Crippen molar-refractivity contribution in [2.24, 2.45) is 0 Å². The predicted molar refractivity (Wildman–Crippen MR) is 94.9 cm³/mol. The lowest BCUT2D eigenvalue weighted by atomic mass is 10.1. The number of carbonyl (C=O) groups is 1. The molecule has 0 spiro atoms. The van der Waals surface area contributed by atoms with Gasteiger partial charge in [0.05, 0.1) is 19.8 Å². The molecule has 130 valence electrons. The highest BCUT2D eigenvalue weighted by Gasteiger charge is 2.09. The van der Waals surface area contributed by atoms with Crippen LogP contribution in [-0.4, -0.2) is 35.5 Å². The number of ether oxygens (including phenoxy) is 2.